The van der Waals surface area contributed by atoms with Crippen molar-refractivity contribution < 1.29 is 0 Å². The lowest BCUT2D eigenvalue weighted by molar-refractivity contribution is 0.703. The predicted molar refractivity (Wildman–Crippen MR) is 224 cm³/mol. The fraction of sp³-hybridized carbons (Fsp3) is 0.0196. The third-order valence-corrected chi connectivity index (χ3v) is 11.8. The Morgan fingerprint density at radius 3 is 1.63 bits per heavy atom. The van der Waals surface area contributed by atoms with Gasteiger partial charge in [0.25, 0.3) is 0 Å². The zero-order chi connectivity index (χ0) is 35.9. The van der Waals surface area contributed by atoms with Crippen molar-refractivity contribution in [1.29, 1.82) is 0 Å². The number of nitrogens with zero attached hydrogens (tertiary/aromatic N) is 2. The van der Waals surface area contributed by atoms with Crippen molar-refractivity contribution in [3.63, 3.8) is 0 Å². The van der Waals surface area contributed by atoms with E-state index in [-0.39, 0.29) is 0 Å². The van der Waals surface area contributed by atoms with Crippen LogP contribution in [0.15, 0.2) is 216 Å². The number of benzene rings is 8. The summed E-state index contributed by atoms with van der Waals surface area (Å²) in [5, 5.41) is 1.04. The van der Waals surface area contributed by atoms with E-state index in [0.717, 1.165) is 39.1 Å². The summed E-state index contributed by atoms with van der Waals surface area (Å²) in [7, 11) is 0. The second-order valence-corrected chi connectivity index (χ2v) is 14.8. The zero-order valence-corrected chi connectivity index (χ0v) is 30.2. The van der Waals surface area contributed by atoms with Crippen LogP contribution in [0.5, 0.6) is 0 Å². The van der Waals surface area contributed by atoms with Crippen LogP contribution < -0.4 is 0 Å². The normalized spacial score (nSPS) is 12.9. The van der Waals surface area contributed by atoms with Gasteiger partial charge in [-0.25, -0.2) is 9.97 Å². The number of hydrogen-bond donors (Lipinski definition) is 0. The van der Waals surface area contributed by atoms with Gasteiger partial charge in [-0.3, -0.25) is 0 Å². The first kappa shape index (κ1) is 32.1. The Bertz CT molecular complexity index is 2740. The van der Waals surface area contributed by atoms with E-state index in [1.54, 1.807) is 0 Å². The maximum atomic E-state index is 5.12. The van der Waals surface area contributed by atoms with Crippen LogP contribution in [0.4, 0.5) is 0 Å². The molecule has 9 aromatic rings. The van der Waals surface area contributed by atoms with Crippen LogP contribution in [0.3, 0.4) is 0 Å². The molecular weight excluding hydrogens is 673 g/mol. The summed E-state index contributed by atoms with van der Waals surface area (Å²) in [6, 6.07) is 74.2. The van der Waals surface area contributed by atoms with Gasteiger partial charge >= 0.3 is 0 Å². The van der Waals surface area contributed by atoms with Crippen LogP contribution in [-0.2, 0) is 5.41 Å². The van der Waals surface area contributed by atoms with E-state index in [0.29, 0.717) is 0 Å². The Morgan fingerprint density at radius 1 is 0.370 bits per heavy atom. The number of para-hydroxylation sites is 1. The van der Waals surface area contributed by atoms with Crippen molar-refractivity contribution in [2.45, 2.75) is 15.2 Å². The molecule has 0 spiro atoms. The SMILES string of the molecule is c1ccc(-c2nc(-c3ccc(-c4ccccc4-c4ccc5c(c4)C(c4ccccc4)(c4ccccc4)c4ccccc4S5)cc3)c3ccccc3n2)cc1. The Balaban J connectivity index is 1.11. The lowest BCUT2D eigenvalue weighted by Crippen LogP contribution is -2.34. The molecule has 1 aliphatic heterocycles. The molecule has 0 N–H and O–H groups in total. The molecule has 2 heterocycles. The quantitative estimate of drug-likeness (QED) is 0.172. The second-order valence-electron chi connectivity index (χ2n) is 13.7. The van der Waals surface area contributed by atoms with E-state index in [4.69, 9.17) is 9.97 Å². The number of aromatic nitrogens is 2. The minimum atomic E-state index is -0.481. The molecule has 0 unspecified atom stereocenters. The molecule has 3 heteroatoms. The number of rotatable bonds is 6. The molecule has 0 atom stereocenters. The van der Waals surface area contributed by atoms with Crippen LogP contribution in [0.2, 0.25) is 0 Å². The van der Waals surface area contributed by atoms with Crippen LogP contribution >= 0.6 is 11.8 Å². The van der Waals surface area contributed by atoms with Crippen LogP contribution in [0.1, 0.15) is 22.3 Å². The summed E-state index contributed by atoms with van der Waals surface area (Å²) in [4.78, 5) is 12.6. The molecule has 8 aromatic carbocycles. The topological polar surface area (TPSA) is 25.8 Å². The minimum Gasteiger partial charge on any atom is -0.228 e. The van der Waals surface area contributed by atoms with Crippen molar-refractivity contribution in [3.8, 4) is 44.9 Å². The molecule has 0 radical (unpaired) electrons. The average molecular weight is 707 g/mol. The smallest absolute Gasteiger partial charge is 0.160 e. The van der Waals surface area contributed by atoms with Gasteiger partial charge in [-0.2, -0.15) is 0 Å². The summed E-state index contributed by atoms with van der Waals surface area (Å²) >= 11 is 1.87. The summed E-state index contributed by atoms with van der Waals surface area (Å²) < 4.78 is 0. The highest BCUT2D eigenvalue weighted by Crippen LogP contribution is 2.56. The van der Waals surface area contributed by atoms with E-state index in [2.05, 4.69) is 182 Å². The molecule has 1 aromatic heterocycles. The molecule has 10 rings (SSSR count). The minimum absolute atomic E-state index is 0.481. The highest BCUT2D eigenvalue weighted by Gasteiger charge is 2.44. The maximum absolute atomic E-state index is 5.12. The lowest BCUT2D eigenvalue weighted by atomic mass is 9.64. The molecule has 1 aliphatic rings. The Morgan fingerprint density at radius 2 is 0.907 bits per heavy atom. The van der Waals surface area contributed by atoms with E-state index < -0.39 is 5.41 Å². The van der Waals surface area contributed by atoms with Gasteiger partial charge in [0.1, 0.15) is 0 Å². The summed E-state index contributed by atoms with van der Waals surface area (Å²) in [5.41, 5.74) is 13.3. The predicted octanol–water partition coefficient (Wildman–Crippen LogP) is 13.1. The van der Waals surface area contributed by atoms with E-state index in [1.165, 1.54) is 48.7 Å². The second kappa shape index (κ2) is 13.5. The van der Waals surface area contributed by atoms with Crippen molar-refractivity contribution in [3.05, 3.63) is 229 Å². The summed E-state index contributed by atoms with van der Waals surface area (Å²) in [5.74, 6) is 0.731. The van der Waals surface area contributed by atoms with E-state index >= 15 is 0 Å². The molecule has 0 bridgehead atoms. The van der Waals surface area contributed by atoms with Crippen molar-refractivity contribution >= 4 is 22.7 Å². The third-order valence-electron chi connectivity index (χ3n) is 10.7. The van der Waals surface area contributed by atoms with Gasteiger partial charge in [-0.05, 0) is 68.8 Å². The highest BCUT2D eigenvalue weighted by molar-refractivity contribution is 7.99. The molecule has 0 amide bonds. The zero-order valence-electron chi connectivity index (χ0n) is 29.4. The molecular formula is C51H34N2S. The first-order chi connectivity index (χ1) is 26.8. The van der Waals surface area contributed by atoms with Gasteiger partial charge in [0, 0.05) is 26.3 Å². The summed E-state index contributed by atoms with van der Waals surface area (Å²) in [6.45, 7) is 0. The number of hydrogen-bond acceptors (Lipinski definition) is 3. The average Bonchev–Trinajstić information content (AvgIpc) is 3.26. The largest absolute Gasteiger partial charge is 0.228 e. The molecule has 2 nitrogen and oxygen atoms in total. The fourth-order valence-electron chi connectivity index (χ4n) is 8.18. The van der Waals surface area contributed by atoms with E-state index in [9.17, 15) is 0 Å². The monoisotopic (exact) mass is 706 g/mol. The molecule has 254 valence electrons. The maximum Gasteiger partial charge on any atom is 0.160 e. The van der Waals surface area contributed by atoms with Crippen molar-refractivity contribution in [2.75, 3.05) is 0 Å². The fourth-order valence-corrected chi connectivity index (χ4v) is 9.35. The van der Waals surface area contributed by atoms with Gasteiger partial charge in [0.15, 0.2) is 5.82 Å². The Kier molecular flexibility index (Phi) is 8.00. The Labute approximate surface area is 319 Å². The standard InChI is InChI=1S/C51H34N2S/c1-4-16-37(17-5-1)50-52-46-26-14-12-24-43(46)49(53-50)36-30-28-35(29-31-36)41-22-10-11-23-42(41)38-32-33-48-45(34-38)51(39-18-6-2-7-19-39,40-20-8-3-9-21-40)44-25-13-15-27-47(44)54-48/h1-34H. The van der Waals surface area contributed by atoms with Gasteiger partial charge in [0.2, 0.25) is 0 Å². The lowest BCUT2D eigenvalue weighted by Gasteiger charge is -2.42. The van der Waals surface area contributed by atoms with Crippen LogP contribution in [0.25, 0.3) is 55.8 Å². The van der Waals surface area contributed by atoms with Gasteiger partial charge in [0.05, 0.1) is 16.6 Å². The van der Waals surface area contributed by atoms with Crippen LogP contribution in [0, 0.1) is 0 Å². The molecule has 0 saturated carbocycles. The van der Waals surface area contributed by atoms with Crippen LogP contribution in [-0.4, -0.2) is 9.97 Å². The Hall–Kier alpha value is -6.55. The first-order valence-electron chi connectivity index (χ1n) is 18.3. The molecule has 0 fully saturated rings. The molecule has 0 aliphatic carbocycles. The third kappa shape index (κ3) is 5.36. The van der Waals surface area contributed by atoms with E-state index in [1.807, 2.05) is 36.0 Å². The van der Waals surface area contributed by atoms with Gasteiger partial charge in [-0.15, -0.1) is 0 Å². The molecule has 0 saturated heterocycles. The van der Waals surface area contributed by atoms with Gasteiger partial charge < -0.3 is 0 Å². The molecule has 54 heavy (non-hydrogen) atoms. The summed E-state index contributed by atoms with van der Waals surface area (Å²) in [6.07, 6.45) is 0. The first-order valence-corrected chi connectivity index (χ1v) is 19.1. The number of fused-ring (bicyclic) bond motifs is 3. The van der Waals surface area contributed by atoms with Gasteiger partial charge in [-0.1, -0.05) is 194 Å². The highest BCUT2D eigenvalue weighted by atomic mass is 32.2. The van der Waals surface area contributed by atoms with Crippen molar-refractivity contribution in [2.24, 2.45) is 0 Å². The van der Waals surface area contributed by atoms with Crippen molar-refractivity contribution in [1.82, 2.24) is 9.97 Å².